The van der Waals surface area contributed by atoms with Gasteiger partial charge in [0.25, 0.3) is 5.91 Å². The highest BCUT2D eigenvalue weighted by molar-refractivity contribution is 7.89. The maximum atomic E-state index is 12.6. The van der Waals surface area contributed by atoms with Gasteiger partial charge in [0.15, 0.2) is 0 Å². The molecule has 0 aliphatic rings. The summed E-state index contributed by atoms with van der Waals surface area (Å²) in [4.78, 5) is 35.7. The number of hydrogen-bond donors (Lipinski definition) is 3. The number of sulfonamides is 1. The Labute approximate surface area is 181 Å². The molecule has 9 nitrogen and oxygen atoms in total. The highest BCUT2D eigenvalue weighted by atomic mass is 32.2. The Kier molecular flexibility index (Phi) is 8.29. The summed E-state index contributed by atoms with van der Waals surface area (Å²) in [6.07, 6.45) is 0. The molecule has 0 bridgehead atoms. The van der Waals surface area contributed by atoms with E-state index in [1.807, 2.05) is 0 Å². The smallest absolute Gasteiger partial charge is 0.251 e. The molecule has 0 radical (unpaired) electrons. The van der Waals surface area contributed by atoms with E-state index in [9.17, 15) is 22.8 Å². The lowest BCUT2D eigenvalue weighted by atomic mass is 10.2. The summed E-state index contributed by atoms with van der Waals surface area (Å²) in [6, 6.07) is 12.3. The highest BCUT2D eigenvalue weighted by Crippen LogP contribution is 2.17. The van der Waals surface area contributed by atoms with Gasteiger partial charge in [0.05, 0.1) is 11.4 Å². The highest BCUT2D eigenvalue weighted by Gasteiger charge is 2.22. The van der Waals surface area contributed by atoms with Crippen LogP contribution < -0.4 is 16.0 Å². The summed E-state index contributed by atoms with van der Waals surface area (Å²) in [5, 5.41) is 7.70. The number of rotatable bonds is 9. The predicted molar refractivity (Wildman–Crippen MR) is 118 cm³/mol. The molecule has 3 amide bonds. The Morgan fingerprint density at radius 1 is 0.903 bits per heavy atom. The van der Waals surface area contributed by atoms with E-state index in [4.69, 9.17) is 0 Å². The van der Waals surface area contributed by atoms with Crippen LogP contribution in [0.1, 0.15) is 31.1 Å². The normalized spacial score (nSPS) is 11.1. The van der Waals surface area contributed by atoms with Crippen LogP contribution in [0.15, 0.2) is 53.4 Å². The quantitative estimate of drug-likeness (QED) is 0.544. The molecule has 0 unspecified atom stereocenters. The van der Waals surface area contributed by atoms with Crippen molar-refractivity contribution in [1.82, 2.24) is 9.62 Å². The number of nitrogens with one attached hydrogen (secondary N) is 3. The number of hydrogen-bond acceptors (Lipinski definition) is 5. The largest absolute Gasteiger partial charge is 0.343 e. The van der Waals surface area contributed by atoms with E-state index in [-0.39, 0.29) is 22.9 Å². The number of benzene rings is 2. The number of nitrogens with zero attached hydrogens (tertiary/aromatic N) is 1. The van der Waals surface area contributed by atoms with Gasteiger partial charge in [-0.1, -0.05) is 26.0 Å². The van der Waals surface area contributed by atoms with Gasteiger partial charge >= 0.3 is 0 Å². The summed E-state index contributed by atoms with van der Waals surface area (Å²) < 4.78 is 26.6. The van der Waals surface area contributed by atoms with Crippen molar-refractivity contribution in [2.75, 3.05) is 30.3 Å². The standard InChI is InChI=1S/C21H26N4O5S/c1-4-25(5-2)31(29,30)19-11-6-8-16(12-19)21(28)22-14-20(27)24-18-10-7-9-17(13-18)23-15(3)26/h6-13H,4-5,14H2,1-3H3,(H,22,28)(H,23,26)(H,24,27). The molecule has 0 atom stereocenters. The fourth-order valence-electron chi connectivity index (χ4n) is 2.86. The molecule has 0 heterocycles. The fraction of sp³-hybridized carbons (Fsp3) is 0.286. The molecule has 2 rings (SSSR count). The van der Waals surface area contributed by atoms with Gasteiger partial charge < -0.3 is 16.0 Å². The van der Waals surface area contributed by atoms with E-state index in [0.717, 1.165) is 0 Å². The third kappa shape index (κ3) is 6.63. The first-order valence-corrected chi connectivity index (χ1v) is 11.2. The van der Waals surface area contributed by atoms with Crippen LogP contribution >= 0.6 is 0 Å². The van der Waals surface area contributed by atoms with Gasteiger partial charge in [-0.05, 0) is 36.4 Å². The lowest BCUT2D eigenvalue weighted by molar-refractivity contribution is -0.115. The monoisotopic (exact) mass is 446 g/mol. The molecular weight excluding hydrogens is 420 g/mol. The fourth-order valence-corrected chi connectivity index (χ4v) is 4.36. The van der Waals surface area contributed by atoms with E-state index >= 15 is 0 Å². The molecule has 166 valence electrons. The van der Waals surface area contributed by atoms with Gasteiger partial charge in [-0.15, -0.1) is 0 Å². The number of anilines is 2. The van der Waals surface area contributed by atoms with Crippen LogP contribution in [-0.2, 0) is 19.6 Å². The van der Waals surface area contributed by atoms with Crippen molar-refractivity contribution in [3.05, 3.63) is 54.1 Å². The minimum absolute atomic E-state index is 0.0167. The molecule has 0 spiro atoms. The third-order valence-electron chi connectivity index (χ3n) is 4.32. The molecule has 10 heteroatoms. The van der Waals surface area contributed by atoms with E-state index in [1.54, 1.807) is 38.1 Å². The zero-order valence-corrected chi connectivity index (χ0v) is 18.5. The SMILES string of the molecule is CCN(CC)S(=O)(=O)c1cccc(C(=O)NCC(=O)Nc2cccc(NC(C)=O)c2)c1. The topological polar surface area (TPSA) is 125 Å². The Balaban J connectivity index is 2.02. The molecular formula is C21H26N4O5S. The van der Waals surface area contributed by atoms with Crippen molar-refractivity contribution in [2.24, 2.45) is 0 Å². The summed E-state index contributed by atoms with van der Waals surface area (Å²) in [6.45, 7) is 5.18. The molecule has 0 saturated heterocycles. The first-order valence-electron chi connectivity index (χ1n) is 9.73. The van der Waals surface area contributed by atoms with Crippen LogP contribution in [0.2, 0.25) is 0 Å². The molecule has 3 N–H and O–H groups in total. The van der Waals surface area contributed by atoms with Crippen molar-refractivity contribution in [3.63, 3.8) is 0 Å². The first kappa shape index (κ1) is 24.0. The van der Waals surface area contributed by atoms with E-state index in [0.29, 0.717) is 24.5 Å². The molecule has 0 aliphatic carbocycles. The minimum Gasteiger partial charge on any atom is -0.343 e. The Morgan fingerprint density at radius 3 is 2.13 bits per heavy atom. The summed E-state index contributed by atoms with van der Waals surface area (Å²) in [7, 11) is -3.70. The van der Waals surface area contributed by atoms with Crippen molar-refractivity contribution < 1.29 is 22.8 Å². The van der Waals surface area contributed by atoms with E-state index in [1.165, 1.54) is 35.5 Å². The minimum atomic E-state index is -3.70. The summed E-state index contributed by atoms with van der Waals surface area (Å²) in [5.74, 6) is -1.28. The van der Waals surface area contributed by atoms with E-state index < -0.39 is 21.8 Å². The molecule has 0 aromatic heterocycles. The van der Waals surface area contributed by atoms with Crippen LogP contribution in [-0.4, -0.2) is 50.1 Å². The Hall–Kier alpha value is -3.24. The van der Waals surface area contributed by atoms with Gasteiger partial charge in [0.2, 0.25) is 21.8 Å². The lowest BCUT2D eigenvalue weighted by Crippen LogP contribution is -2.33. The third-order valence-corrected chi connectivity index (χ3v) is 6.36. The molecule has 31 heavy (non-hydrogen) atoms. The lowest BCUT2D eigenvalue weighted by Gasteiger charge is -2.18. The second kappa shape index (κ2) is 10.7. The number of carbonyl (C=O) groups is 3. The first-order chi connectivity index (χ1) is 14.7. The van der Waals surface area contributed by atoms with Crippen molar-refractivity contribution in [3.8, 4) is 0 Å². The average Bonchev–Trinajstić information content (AvgIpc) is 2.72. The second-order valence-corrected chi connectivity index (χ2v) is 8.55. The molecule has 2 aromatic carbocycles. The van der Waals surface area contributed by atoms with Gasteiger partial charge in [-0.25, -0.2) is 8.42 Å². The average molecular weight is 447 g/mol. The maximum Gasteiger partial charge on any atom is 0.251 e. The van der Waals surface area contributed by atoms with Crippen LogP contribution in [0.25, 0.3) is 0 Å². The van der Waals surface area contributed by atoms with Crippen molar-refractivity contribution in [2.45, 2.75) is 25.7 Å². The van der Waals surface area contributed by atoms with Crippen LogP contribution in [0.3, 0.4) is 0 Å². The second-order valence-electron chi connectivity index (χ2n) is 6.61. The zero-order valence-electron chi connectivity index (χ0n) is 17.6. The zero-order chi connectivity index (χ0) is 23.0. The number of amides is 3. The molecule has 0 saturated carbocycles. The van der Waals surface area contributed by atoms with Crippen LogP contribution in [0.5, 0.6) is 0 Å². The number of carbonyl (C=O) groups excluding carboxylic acids is 3. The van der Waals surface area contributed by atoms with Gasteiger partial charge in [0, 0.05) is 37.0 Å². The van der Waals surface area contributed by atoms with Gasteiger partial charge in [-0.2, -0.15) is 4.31 Å². The van der Waals surface area contributed by atoms with Crippen molar-refractivity contribution in [1.29, 1.82) is 0 Å². The maximum absolute atomic E-state index is 12.6. The van der Waals surface area contributed by atoms with Crippen LogP contribution in [0, 0.1) is 0 Å². The van der Waals surface area contributed by atoms with Crippen LogP contribution in [0.4, 0.5) is 11.4 Å². The Bertz CT molecular complexity index is 1060. The van der Waals surface area contributed by atoms with Gasteiger partial charge in [0.1, 0.15) is 0 Å². The molecule has 2 aromatic rings. The Morgan fingerprint density at radius 2 is 1.52 bits per heavy atom. The molecule has 0 fully saturated rings. The van der Waals surface area contributed by atoms with E-state index in [2.05, 4.69) is 16.0 Å². The molecule has 0 aliphatic heterocycles. The van der Waals surface area contributed by atoms with Gasteiger partial charge in [-0.3, -0.25) is 14.4 Å². The predicted octanol–water partition coefficient (Wildman–Crippen LogP) is 2.04. The van der Waals surface area contributed by atoms with Crippen molar-refractivity contribution >= 4 is 39.1 Å². The summed E-state index contributed by atoms with van der Waals surface area (Å²) in [5.41, 5.74) is 1.12. The summed E-state index contributed by atoms with van der Waals surface area (Å²) >= 11 is 0.